The molecule has 0 spiro atoms. The van der Waals surface area contributed by atoms with Crippen molar-refractivity contribution in [3.8, 4) is 5.75 Å². The molecule has 2 amide bonds. The second-order valence-electron chi connectivity index (χ2n) is 6.90. The third-order valence-electron chi connectivity index (χ3n) is 5.17. The number of carboxylic acid groups (broad SMARTS) is 1. The SMILES string of the molecule is CC(C(=O)N[C@H](c1ccc(O)cc1)C1CCCN1C(=O)O)c1ccccc1. The molecule has 2 aromatic rings. The van der Waals surface area contributed by atoms with E-state index < -0.39 is 12.1 Å². The van der Waals surface area contributed by atoms with Crippen LogP contribution in [0.3, 0.4) is 0 Å². The van der Waals surface area contributed by atoms with E-state index in [-0.39, 0.29) is 23.6 Å². The molecule has 142 valence electrons. The van der Waals surface area contributed by atoms with E-state index in [0.717, 1.165) is 17.5 Å². The molecule has 0 aliphatic carbocycles. The fraction of sp³-hybridized carbons (Fsp3) is 0.333. The zero-order valence-corrected chi connectivity index (χ0v) is 15.2. The van der Waals surface area contributed by atoms with Gasteiger partial charge in [0.05, 0.1) is 18.0 Å². The Morgan fingerprint density at radius 1 is 1.07 bits per heavy atom. The minimum Gasteiger partial charge on any atom is -0.508 e. The van der Waals surface area contributed by atoms with Gasteiger partial charge in [0.25, 0.3) is 0 Å². The number of phenols is 1. The molecule has 27 heavy (non-hydrogen) atoms. The summed E-state index contributed by atoms with van der Waals surface area (Å²) in [5.41, 5.74) is 1.68. The lowest BCUT2D eigenvalue weighted by Gasteiger charge is -2.32. The molecule has 1 fully saturated rings. The van der Waals surface area contributed by atoms with Crippen LogP contribution in [0.15, 0.2) is 54.6 Å². The van der Waals surface area contributed by atoms with Crippen LogP contribution in [0.4, 0.5) is 4.79 Å². The zero-order valence-electron chi connectivity index (χ0n) is 15.2. The van der Waals surface area contributed by atoms with Gasteiger partial charge < -0.3 is 20.4 Å². The summed E-state index contributed by atoms with van der Waals surface area (Å²) in [6, 6.07) is 15.2. The molecule has 0 radical (unpaired) electrons. The van der Waals surface area contributed by atoms with E-state index in [9.17, 15) is 19.8 Å². The van der Waals surface area contributed by atoms with Crippen molar-refractivity contribution in [3.05, 3.63) is 65.7 Å². The van der Waals surface area contributed by atoms with Gasteiger partial charge in [-0.3, -0.25) is 4.79 Å². The first-order valence-electron chi connectivity index (χ1n) is 9.11. The highest BCUT2D eigenvalue weighted by Gasteiger charge is 2.37. The third kappa shape index (κ3) is 4.22. The van der Waals surface area contributed by atoms with Gasteiger partial charge in [-0.2, -0.15) is 0 Å². The molecule has 0 aromatic heterocycles. The van der Waals surface area contributed by atoms with Crippen molar-refractivity contribution < 1.29 is 19.8 Å². The second-order valence-corrected chi connectivity index (χ2v) is 6.90. The number of benzene rings is 2. The molecule has 6 heteroatoms. The maximum absolute atomic E-state index is 12.9. The number of nitrogens with zero attached hydrogens (tertiary/aromatic N) is 1. The first-order chi connectivity index (χ1) is 13.0. The van der Waals surface area contributed by atoms with Crippen molar-refractivity contribution >= 4 is 12.0 Å². The van der Waals surface area contributed by atoms with Gasteiger partial charge in [-0.1, -0.05) is 42.5 Å². The molecule has 1 aliphatic heterocycles. The number of carbonyl (C=O) groups is 2. The van der Waals surface area contributed by atoms with Crippen molar-refractivity contribution in [1.82, 2.24) is 10.2 Å². The summed E-state index contributed by atoms with van der Waals surface area (Å²) in [5, 5.41) is 22.1. The van der Waals surface area contributed by atoms with E-state index in [2.05, 4.69) is 5.32 Å². The van der Waals surface area contributed by atoms with Crippen LogP contribution in [0.5, 0.6) is 5.75 Å². The Labute approximate surface area is 158 Å². The van der Waals surface area contributed by atoms with E-state index in [0.29, 0.717) is 13.0 Å². The number of carbonyl (C=O) groups excluding carboxylic acids is 1. The number of hydrogen-bond acceptors (Lipinski definition) is 3. The third-order valence-corrected chi connectivity index (χ3v) is 5.17. The molecule has 2 aromatic carbocycles. The average Bonchev–Trinajstić information content (AvgIpc) is 3.16. The molecule has 6 nitrogen and oxygen atoms in total. The van der Waals surface area contributed by atoms with Gasteiger partial charge in [0.15, 0.2) is 0 Å². The van der Waals surface area contributed by atoms with Crippen LogP contribution in [-0.2, 0) is 4.79 Å². The van der Waals surface area contributed by atoms with Gasteiger partial charge in [-0.15, -0.1) is 0 Å². The van der Waals surface area contributed by atoms with Crippen LogP contribution in [-0.4, -0.2) is 39.7 Å². The van der Waals surface area contributed by atoms with E-state index in [4.69, 9.17) is 0 Å². The Balaban J connectivity index is 1.86. The predicted molar refractivity (Wildman–Crippen MR) is 102 cm³/mol. The number of aromatic hydroxyl groups is 1. The van der Waals surface area contributed by atoms with E-state index in [1.54, 1.807) is 24.3 Å². The first-order valence-corrected chi connectivity index (χ1v) is 9.11. The van der Waals surface area contributed by atoms with Gasteiger partial charge in [-0.05, 0) is 43.0 Å². The molecule has 1 heterocycles. The smallest absolute Gasteiger partial charge is 0.407 e. The summed E-state index contributed by atoms with van der Waals surface area (Å²) in [6.45, 7) is 2.29. The summed E-state index contributed by atoms with van der Waals surface area (Å²) in [5.74, 6) is -0.384. The lowest BCUT2D eigenvalue weighted by molar-refractivity contribution is -0.123. The number of rotatable bonds is 5. The largest absolute Gasteiger partial charge is 0.508 e. The topological polar surface area (TPSA) is 89.9 Å². The normalized spacial score (nSPS) is 18.7. The van der Waals surface area contributed by atoms with Crippen LogP contribution in [0.2, 0.25) is 0 Å². The summed E-state index contributed by atoms with van der Waals surface area (Å²) in [6.07, 6.45) is 0.458. The van der Waals surface area contributed by atoms with Crippen LogP contribution < -0.4 is 5.32 Å². The molecule has 1 saturated heterocycles. The summed E-state index contributed by atoms with van der Waals surface area (Å²) in [7, 11) is 0. The number of likely N-dealkylation sites (tertiary alicyclic amines) is 1. The molecule has 1 aliphatic rings. The minimum absolute atomic E-state index is 0.128. The average molecular weight is 368 g/mol. The van der Waals surface area contributed by atoms with Crippen molar-refractivity contribution in [2.45, 2.75) is 37.8 Å². The van der Waals surface area contributed by atoms with Gasteiger partial charge in [0.2, 0.25) is 5.91 Å². The predicted octanol–water partition coefficient (Wildman–Crippen LogP) is 3.50. The van der Waals surface area contributed by atoms with Crippen molar-refractivity contribution in [2.24, 2.45) is 0 Å². The number of phenolic OH excluding ortho intramolecular Hbond substituents is 1. The molecule has 0 saturated carbocycles. The van der Waals surface area contributed by atoms with Crippen LogP contribution in [0, 0.1) is 0 Å². The highest BCUT2D eigenvalue weighted by atomic mass is 16.4. The molecule has 3 atom stereocenters. The molecular weight excluding hydrogens is 344 g/mol. The second kappa shape index (κ2) is 8.12. The number of amides is 2. The van der Waals surface area contributed by atoms with Crippen molar-refractivity contribution in [1.29, 1.82) is 0 Å². The lowest BCUT2D eigenvalue weighted by Crippen LogP contribution is -2.46. The molecule has 3 rings (SSSR count). The Morgan fingerprint density at radius 2 is 1.74 bits per heavy atom. The van der Waals surface area contributed by atoms with E-state index >= 15 is 0 Å². The molecule has 0 bridgehead atoms. The fourth-order valence-corrected chi connectivity index (χ4v) is 3.63. The summed E-state index contributed by atoms with van der Waals surface area (Å²) >= 11 is 0. The van der Waals surface area contributed by atoms with Crippen molar-refractivity contribution in [2.75, 3.05) is 6.54 Å². The fourth-order valence-electron chi connectivity index (χ4n) is 3.63. The maximum atomic E-state index is 12.9. The molecular formula is C21H24N2O4. The van der Waals surface area contributed by atoms with Gasteiger partial charge in [0, 0.05) is 6.54 Å². The van der Waals surface area contributed by atoms with Crippen LogP contribution in [0.1, 0.15) is 42.9 Å². The van der Waals surface area contributed by atoms with Gasteiger partial charge >= 0.3 is 6.09 Å². The Kier molecular flexibility index (Phi) is 5.64. The quantitative estimate of drug-likeness (QED) is 0.753. The maximum Gasteiger partial charge on any atom is 0.407 e. The van der Waals surface area contributed by atoms with Crippen LogP contribution >= 0.6 is 0 Å². The first kappa shape index (κ1) is 18.8. The Morgan fingerprint density at radius 3 is 2.37 bits per heavy atom. The molecule has 2 unspecified atom stereocenters. The van der Waals surface area contributed by atoms with Gasteiger partial charge in [0.1, 0.15) is 5.75 Å². The highest BCUT2D eigenvalue weighted by molar-refractivity contribution is 5.83. The lowest BCUT2D eigenvalue weighted by atomic mass is 9.94. The Hall–Kier alpha value is -3.02. The summed E-state index contributed by atoms with van der Waals surface area (Å²) in [4.78, 5) is 25.9. The molecule has 3 N–H and O–H groups in total. The monoisotopic (exact) mass is 368 g/mol. The number of hydrogen-bond donors (Lipinski definition) is 3. The van der Waals surface area contributed by atoms with Crippen molar-refractivity contribution in [3.63, 3.8) is 0 Å². The minimum atomic E-state index is -0.980. The van der Waals surface area contributed by atoms with Gasteiger partial charge in [-0.25, -0.2) is 4.79 Å². The zero-order chi connectivity index (χ0) is 19.4. The van der Waals surface area contributed by atoms with Crippen LogP contribution in [0.25, 0.3) is 0 Å². The highest BCUT2D eigenvalue weighted by Crippen LogP contribution is 2.31. The van der Waals surface area contributed by atoms with E-state index in [1.165, 1.54) is 4.90 Å². The summed E-state index contributed by atoms with van der Waals surface area (Å²) < 4.78 is 0. The number of nitrogens with one attached hydrogen (secondary N) is 1. The Bertz CT molecular complexity index is 792. The standard InChI is InChI=1S/C21H24N2O4/c1-14(15-6-3-2-4-7-15)20(25)22-19(16-9-11-17(24)12-10-16)18-8-5-13-23(18)21(26)27/h2-4,6-7,9-12,14,18-19,24H,5,8,13H2,1H3,(H,22,25)(H,26,27)/t14?,18?,19-/m1/s1. The van der Waals surface area contributed by atoms with E-state index in [1.807, 2.05) is 37.3 Å².